The van der Waals surface area contributed by atoms with Gasteiger partial charge < -0.3 is 19.7 Å². The second-order valence-corrected chi connectivity index (χ2v) is 7.40. The molecule has 1 aliphatic rings. The van der Waals surface area contributed by atoms with Gasteiger partial charge in [-0.1, -0.05) is 18.2 Å². The minimum atomic E-state index is -0.559. The third-order valence-electron chi connectivity index (χ3n) is 4.46. The fourth-order valence-corrected chi connectivity index (χ4v) is 3.58. The second-order valence-electron chi connectivity index (χ2n) is 6.97. The van der Waals surface area contributed by atoms with Gasteiger partial charge in [-0.2, -0.15) is 5.26 Å². The van der Waals surface area contributed by atoms with E-state index in [0.29, 0.717) is 16.5 Å². The van der Waals surface area contributed by atoms with Gasteiger partial charge in [0, 0.05) is 5.69 Å². The van der Waals surface area contributed by atoms with Gasteiger partial charge in [0.25, 0.3) is 5.91 Å². The third-order valence-corrected chi connectivity index (χ3v) is 4.90. The van der Waals surface area contributed by atoms with Crippen LogP contribution in [0.3, 0.4) is 0 Å². The van der Waals surface area contributed by atoms with Gasteiger partial charge in [-0.05, 0) is 56.2 Å². The topological polar surface area (TPSA) is 74.6 Å². The molecule has 0 saturated carbocycles. The first kappa shape index (κ1) is 20.6. The summed E-state index contributed by atoms with van der Waals surface area (Å²) in [6, 6.07) is 15.2. The maximum atomic E-state index is 12.5. The summed E-state index contributed by atoms with van der Waals surface area (Å²) < 4.78 is 11.3. The Morgan fingerprint density at radius 3 is 2.59 bits per heavy atom. The zero-order chi connectivity index (χ0) is 21.1. The van der Waals surface area contributed by atoms with E-state index >= 15 is 0 Å². The Morgan fingerprint density at radius 1 is 1.21 bits per heavy atom. The van der Waals surface area contributed by atoms with Crippen molar-refractivity contribution in [1.82, 2.24) is 5.32 Å². The highest BCUT2D eigenvalue weighted by Gasteiger charge is 2.34. The van der Waals surface area contributed by atoms with Crippen LogP contribution in [0.15, 0.2) is 53.1 Å². The first-order valence-electron chi connectivity index (χ1n) is 9.20. The molecule has 0 saturated heterocycles. The smallest absolute Gasteiger partial charge is 0.266 e. The zero-order valence-corrected chi connectivity index (χ0v) is 17.7. The van der Waals surface area contributed by atoms with Crippen LogP contribution in [0.25, 0.3) is 0 Å². The van der Waals surface area contributed by atoms with Gasteiger partial charge >= 0.3 is 0 Å². The second kappa shape index (κ2) is 8.50. The third kappa shape index (κ3) is 4.17. The molecule has 3 rings (SSSR count). The largest absolute Gasteiger partial charge is 0.493 e. The van der Waals surface area contributed by atoms with Crippen LogP contribution in [0.1, 0.15) is 31.1 Å². The summed E-state index contributed by atoms with van der Waals surface area (Å²) >= 11 is 4.53. The van der Waals surface area contributed by atoms with Crippen molar-refractivity contribution in [2.75, 3.05) is 12.0 Å². The number of rotatable bonds is 5. The molecule has 1 N–H and O–H groups in total. The standard InChI is InChI=1S/C22H23N3O3S/c1-13(2)28-18-9-8-15(11-19(18)27-4)20-24-21(26)17(12-23)22(29)25(20)16-7-5-6-14(3)10-16/h5-11,13,20,29H,1-4H3,(H,24,26)/t20-/m1/s1. The summed E-state index contributed by atoms with van der Waals surface area (Å²) in [5, 5.41) is 12.6. The number of thiol groups is 1. The molecular weight excluding hydrogens is 386 g/mol. The molecule has 0 unspecified atom stereocenters. The van der Waals surface area contributed by atoms with Crippen molar-refractivity contribution >= 4 is 24.2 Å². The van der Waals surface area contributed by atoms with Crippen LogP contribution in [-0.2, 0) is 4.79 Å². The molecule has 0 aromatic heterocycles. The molecule has 1 heterocycles. The number of hydrogen-bond donors (Lipinski definition) is 2. The number of carbonyl (C=O) groups excluding carboxylic acids is 1. The van der Waals surface area contributed by atoms with E-state index in [9.17, 15) is 10.1 Å². The number of ether oxygens (including phenoxy) is 2. The van der Waals surface area contributed by atoms with Crippen LogP contribution >= 0.6 is 12.6 Å². The summed E-state index contributed by atoms with van der Waals surface area (Å²) in [5.41, 5.74) is 2.61. The summed E-state index contributed by atoms with van der Waals surface area (Å²) in [6.45, 7) is 5.86. The Morgan fingerprint density at radius 2 is 1.97 bits per heavy atom. The van der Waals surface area contributed by atoms with Crippen LogP contribution in [-0.4, -0.2) is 19.1 Å². The average Bonchev–Trinajstić information content (AvgIpc) is 2.67. The minimum Gasteiger partial charge on any atom is -0.493 e. The van der Waals surface area contributed by atoms with Crippen LogP contribution in [0.4, 0.5) is 5.69 Å². The number of nitriles is 1. The number of nitrogens with zero attached hydrogens (tertiary/aromatic N) is 2. The minimum absolute atomic E-state index is 0.00177. The highest BCUT2D eigenvalue weighted by Crippen LogP contribution is 2.38. The zero-order valence-electron chi connectivity index (χ0n) is 16.8. The number of amides is 1. The van der Waals surface area contributed by atoms with E-state index in [4.69, 9.17) is 9.47 Å². The maximum absolute atomic E-state index is 12.5. The Balaban J connectivity index is 2.12. The van der Waals surface area contributed by atoms with Crippen molar-refractivity contribution in [2.24, 2.45) is 0 Å². The van der Waals surface area contributed by atoms with E-state index in [0.717, 1.165) is 16.8 Å². The maximum Gasteiger partial charge on any atom is 0.266 e. The van der Waals surface area contributed by atoms with Crippen LogP contribution in [0.5, 0.6) is 11.5 Å². The Bertz CT molecular complexity index is 1010. The molecule has 0 radical (unpaired) electrons. The van der Waals surface area contributed by atoms with E-state index in [2.05, 4.69) is 17.9 Å². The van der Waals surface area contributed by atoms with Gasteiger partial charge in [0.1, 0.15) is 17.8 Å². The van der Waals surface area contributed by atoms with Crippen molar-refractivity contribution in [3.8, 4) is 17.6 Å². The fraction of sp³-hybridized carbons (Fsp3) is 0.273. The molecule has 2 aromatic carbocycles. The van der Waals surface area contributed by atoms with Crippen molar-refractivity contribution in [2.45, 2.75) is 33.0 Å². The first-order valence-corrected chi connectivity index (χ1v) is 9.65. The lowest BCUT2D eigenvalue weighted by Crippen LogP contribution is -2.46. The van der Waals surface area contributed by atoms with E-state index < -0.39 is 12.1 Å². The highest BCUT2D eigenvalue weighted by molar-refractivity contribution is 7.84. The molecule has 1 atom stereocenters. The molecule has 6 nitrogen and oxygen atoms in total. The SMILES string of the molecule is COc1cc([C@@H]2NC(=O)C(C#N)=C(S)N2c2cccc(C)c2)ccc1OC(C)C. The Hall–Kier alpha value is -3.11. The van der Waals surface area contributed by atoms with Gasteiger partial charge in [0.05, 0.1) is 18.2 Å². The summed E-state index contributed by atoms with van der Waals surface area (Å²) in [7, 11) is 1.57. The molecule has 1 aliphatic heterocycles. The average molecular weight is 410 g/mol. The van der Waals surface area contributed by atoms with Crippen molar-refractivity contribution < 1.29 is 14.3 Å². The Kier molecular flexibility index (Phi) is 6.04. The molecule has 1 amide bonds. The summed E-state index contributed by atoms with van der Waals surface area (Å²) in [5.74, 6) is 0.716. The molecular formula is C22H23N3O3S. The van der Waals surface area contributed by atoms with Gasteiger partial charge in [-0.25, -0.2) is 0 Å². The number of aryl methyl sites for hydroxylation is 1. The normalized spacial score (nSPS) is 16.5. The lowest BCUT2D eigenvalue weighted by Gasteiger charge is -2.38. The quantitative estimate of drug-likeness (QED) is 0.728. The molecule has 0 aliphatic carbocycles. The van der Waals surface area contributed by atoms with Crippen LogP contribution in [0, 0.1) is 18.3 Å². The molecule has 29 heavy (non-hydrogen) atoms. The number of hydrogen-bond acceptors (Lipinski definition) is 6. The molecule has 2 aromatic rings. The lowest BCUT2D eigenvalue weighted by atomic mass is 10.1. The van der Waals surface area contributed by atoms with Crippen LogP contribution < -0.4 is 19.7 Å². The number of anilines is 1. The predicted octanol–water partition coefficient (Wildman–Crippen LogP) is 4.09. The van der Waals surface area contributed by atoms with Crippen molar-refractivity contribution in [1.29, 1.82) is 5.26 Å². The number of nitrogens with one attached hydrogen (secondary N) is 1. The number of methoxy groups -OCH3 is 1. The van der Waals surface area contributed by atoms with Gasteiger partial charge in [0.2, 0.25) is 0 Å². The highest BCUT2D eigenvalue weighted by atomic mass is 32.1. The van der Waals surface area contributed by atoms with E-state index in [1.165, 1.54) is 0 Å². The monoisotopic (exact) mass is 409 g/mol. The fourth-order valence-electron chi connectivity index (χ4n) is 3.19. The lowest BCUT2D eigenvalue weighted by molar-refractivity contribution is -0.118. The number of benzene rings is 2. The number of carbonyl (C=O) groups is 1. The molecule has 0 bridgehead atoms. The van der Waals surface area contributed by atoms with E-state index in [1.807, 2.05) is 74.2 Å². The van der Waals surface area contributed by atoms with E-state index in [1.54, 1.807) is 7.11 Å². The van der Waals surface area contributed by atoms with Gasteiger partial charge in [-0.3, -0.25) is 4.79 Å². The Labute approximate surface area is 176 Å². The van der Waals surface area contributed by atoms with Crippen LogP contribution in [0.2, 0.25) is 0 Å². The first-order chi connectivity index (χ1) is 13.8. The van der Waals surface area contributed by atoms with Crippen molar-refractivity contribution in [3.05, 3.63) is 64.2 Å². The summed E-state index contributed by atoms with van der Waals surface area (Å²) in [6.07, 6.45) is -0.561. The van der Waals surface area contributed by atoms with Gasteiger partial charge in [0.15, 0.2) is 11.5 Å². The summed E-state index contributed by atoms with van der Waals surface area (Å²) in [4.78, 5) is 14.3. The predicted molar refractivity (Wildman–Crippen MR) is 115 cm³/mol. The van der Waals surface area contributed by atoms with E-state index in [-0.39, 0.29) is 11.7 Å². The molecule has 7 heteroatoms. The molecule has 0 spiro atoms. The molecule has 0 fully saturated rings. The van der Waals surface area contributed by atoms with Crippen molar-refractivity contribution in [3.63, 3.8) is 0 Å². The molecule has 150 valence electrons. The van der Waals surface area contributed by atoms with Gasteiger partial charge in [-0.15, -0.1) is 12.6 Å².